The molecule has 2 saturated carbocycles. The number of aromatic nitrogens is 2. The number of rotatable bonds is 8. The summed E-state index contributed by atoms with van der Waals surface area (Å²) in [7, 11) is 1.88. The van der Waals surface area contributed by atoms with Gasteiger partial charge >= 0.3 is 10.2 Å². The normalized spacial score (nSPS) is 26.3. The van der Waals surface area contributed by atoms with Gasteiger partial charge in [0.05, 0.1) is 30.2 Å². The molecule has 0 radical (unpaired) electrons. The van der Waals surface area contributed by atoms with Gasteiger partial charge in [0.1, 0.15) is 33.8 Å². The highest BCUT2D eigenvalue weighted by molar-refractivity contribution is 7.87. The number of hydrogen-bond donors (Lipinski definition) is 2. The van der Waals surface area contributed by atoms with E-state index >= 15 is 0 Å². The maximum atomic E-state index is 14.2. The van der Waals surface area contributed by atoms with E-state index in [0.717, 1.165) is 39.7 Å². The Bertz CT molecular complexity index is 1960. The fourth-order valence-electron chi connectivity index (χ4n) is 6.87. The Morgan fingerprint density at radius 1 is 1.14 bits per heavy atom. The summed E-state index contributed by atoms with van der Waals surface area (Å²) in [5.74, 6) is -1.90. The molecule has 274 valence electrons. The summed E-state index contributed by atoms with van der Waals surface area (Å²) in [6, 6.07) is 7.40. The van der Waals surface area contributed by atoms with Crippen LogP contribution in [0.15, 0.2) is 41.8 Å². The summed E-state index contributed by atoms with van der Waals surface area (Å²) in [6.45, 7) is 4.72. The number of thiazole rings is 1. The van der Waals surface area contributed by atoms with E-state index in [4.69, 9.17) is 19.4 Å². The second-order valence-corrected chi connectivity index (χ2v) is 17.0. The van der Waals surface area contributed by atoms with Gasteiger partial charge in [-0.2, -0.15) is 12.7 Å². The molecule has 0 bridgehead atoms. The molecule has 0 unspecified atom stereocenters. The molecule has 5 atom stereocenters. The van der Waals surface area contributed by atoms with Gasteiger partial charge in [-0.15, -0.1) is 11.3 Å². The molecule has 2 aromatic heterocycles. The largest absolute Gasteiger partial charge is 0.497 e. The van der Waals surface area contributed by atoms with Crippen molar-refractivity contribution in [2.24, 2.45) is 17.8 Å². The number of carbonyl (C=O) groups is 3. The zero-order chi connectivity index (χ0) is 36.7. The lowest BCUT2D eigenvalue weighted by molar-refractivity contribution is -0.140. The number of amides is 3. The van der Waals surface area contributed by atoms with Crippen LogP contribution in [0.2, 0.25) is 0 Å². The van der Waals surface area contributed by atoms with Crippen LogP contribution in [-0.2, 0) is 24.6 Å². The number of carbonyl (C=O) groups excluding carboxylic acids is 3. The summed E-state index contributed by atoms with van der Waals surface area (Å²) >= 11 is 1.50. The number of benzene rings is 1. The average molecular weight is 739 g/mol. The van der Waals surface area contributed by atoms with Crippen LogP contribution >= 0.6 is 11.3 Å². The lowest BCUT2D eigenvalue weighted by Crippen LogP contribution is -2.55. The third-order valence-corrected chi connectivity index (χ3v) is 12.4. The highest BCUT2D eigenvalue weighted by Crippen LogP contribution is 2.47. The zero-order valence-corrected chi connectivity index (χ0v) is 31.5. The Hall–Kier alpha value is -4.08. The first-order valence-corrected chi connectivity index (χ1v) is 19.6. The SMILES string of the molecule is COc1ccc2c(O[C@@H]3C[C@H]4C(=O)N[C@]5(C(=O)NS(=O)(=O)N(C)C)C[C@@H]5/C=C\CCCCN(C)C(=O)[C@@H]4C3)cc(-c3nc(C(C)C)cs3)nc2c1. The molecule has 3 aromatic rings. The van der Waals surface area contributed by atoms with Crippen molar-refractivity contribution in [2.45, 2.75) is 69.9 Å². The number of nitrogens with one attached hydrogen (secondary N) is 2. The molecule has 3 aliphatic rings. The van der Waals surface area contributed by atoms with E-state index in [1.165, 1.54) is 25.4 Å². The van der Waals surface area contributed by atoms with Gasteiger partial charge in [0.25, 0.3) is 5.91 Å². The third kappa shape index (κ3) is 7.61. The van der Waals surface area contributed by atoms with Gasteiger partial charge in [-0.25, -0.2) is 14.7 Å². The molecule has 13 nitrogen and oxygen atoms in total. The first-order valence-electron chi connectivity index (χ1n) is 17.3. The lowest BCUT2D eigenvalue weighted by Gasteiger charge is -2.27. The molecule has 15 heteroatoms. The van der Waals surface area contributed by atoms with Crippen LogP contribution in [0.1, 0.15) is 64.0 Å². The summed E-state index contributed by atoms with van der Waals surface area (Å²) in [4.78, 5) is 53.1. The van der Waals surface area contributed by atoms with Crippen LogP contribution in [0.4, 0.5) is 0 Å². The van der Waals surface area contributed by atoms with Gasteiger partial charge in [-0.1, -0.05) is 26.0 Å². The minimum Gasteiger partial charge on any atom is -0.497 e. The predicted octanol–water partition coefficient (Wildman–Crippen LogP) is 4.26. The number of hydrogen-bond acceptors (Lipinski definition) is 10. The first-order chi connectivity index (χ1) is 24.2. The Labute approximate surface area is 303 Å². The molecule has 51 heavy (non-hydrogen) atoms. The van der Waals surface area contributed by atoms with Crippen LogP contribution in [-0.4, -0.2) is 91.8 Å². The maximum Gasteiger partial charge on any atom is 0.303 e. The third-order valence-electron chi connectivity index (χ3n) is 10.1. The molecule has 0 saturated heterocycles. The van der Waals surface area contributed by atoms with Crippen LogP contribution in [0.3, 0.4) is 0 Å². The van der Waals surface area contributed by atoms with Crippen LogP contribution in [0.5, 0.6) is 11.5 Å². The van der Waals surface area contributed by atoms with Crippen molar-refractivity contribution in [1.82, 2.24) is 29.2 Å². The van der Waals surface area contributed by atoms with Crippen molar-refractivity contribution in [3.8, 4) is 22.2 Å². The lowest BCUT2D eigenvalue weighted by atomic mass is 9.93. The van der Waals surface area contributed by atoms with E-state index in [1.807, 2.05) is 41.8 Å². The van der Waals surface area contributed by atoms with Gasteiger partial charge < -0.3 is 19.7 Å². The Kier molecular flexibility index (Phi) is 10.4. The van der Waals surface area contributed by atoms with E-state index in [-0.39, 0.29) is 37.0 Å². The average Bonchev–Trinajstić information content (AvgIpc) is 3.38. The van der Waals surface area contributed by atoms with Crippen molar-refractivity contribution < 1.29 is 32.3 Å². The molecule has 1 aromatic carbocycles. The number of pyridine rings is 1. The predicted molar refractivity (Wildman–Crippen MR) is 194 cm³/mol. The molecule has 2 N–H and O–H groups in total. The Balaban J connectivity index is 1.33. The fourth-order valence-corrected chi connectivity index (χ4v) is 8.41. The highest BCUT2D eigenvalue weighted by Gasteiger charge is 2.62. The van der Waals surface area contributed by atoms with Crippen LogP contribution in [0, 0.1) is 17.8 Å². The van der Waals surface area contributed by atoms with Crippen LogP contribution < -0.4 is 19.5 Å². The van der Waals surface area contributed by atoms with Crippen molar-refractivity contribution >= 4 is 50.2 Å². The van der Waals surface area contributed by atoms with E-state index in [9.17, 15) is 22.8 Å². The zero-order valence-electron chi connectivity index (χ0n) is 29.8. The number of methoxy groups -OCH3 is 1. The minimum atomic E-state index is -4.10. The molecule has 1 aliphatic heterocycles. The minimum absolute atomic E-state index is 0.163. The van der Waals surface area contributed by atoms with Gasteiger partial charge in [0.2, 0.25) is 11.8 Å². The summed E-state index contributed by atoms with van der Waals surface area (Å²) in [5, 5.41) is 6.43. The van der Waals surface area contributed by atoms with Gasteiger partial charge in [0.15, 0.2) is 0 Å². The summed E-state index contributed by atoms with van der Waals surface area (Å²) in [6.07, 6.45) is 6.41. The van der Waals surface area contributed by atoms with E-state index < -0.39 is 45.5 Å². The highest BCUT2D eigenvalue weighted by atomic mass is 32.2. The second-order valence-electron chi connectivity index (χ2n) is 14.2. The first kappa shape index (κ1) is 36.7. The molecule has 3 heterocycles. The van der Waals surface area contributed by atoms with E-state index in [1.54, 1.807) is 19.1 Å². The molecule has 0 spiro atoms. The number of allylic oxidation sites excluding steroid dienone is 1. The maximum absolute atomic E-state index is 14.2. The molecular formula is C36H46N6O7S2. The van der Waals surface area contributed by atoms with Gasteiger partial charge in [-0.05, 0) is 56.6 Å². The molecular weight excluding hydrogens is 693 g/mol. The molecule has 2 fully saturated rings. The topological polar surface area (TPSA) is 160 Å². The Morgan fingerprint density at radius 3 is 2.61 bits per heavy atom. The van der Waals surface area contributed by atoms with Crippen molar-refractivity contribution in [1.29, 1.82) is 0 Å². The number of ether oxygens (including phenoxy) is 2. The van der Waals surface area contributed by atoms with E-state index in [2.05, 4.69) is 23.9 Å². The van der Waals surface area contributed by atoms with Crippen LogP contribution in [0.25, 0.3) is 21.6 Å². The van der Waals surface area contributed by atoms with Gasteiger partial charge in [-0.3, -0.25) is 14.4 Å². The van der Waals surface area contributed by atoms with E-state index in [0.29, 0.717) is 29.3 Å². The van der Waals surface area contributed by atoms with Crippen molar-refractivity contribution in [3.05, 3.63) is 47.5 Å². The quantitative estimate of drug-likeness (QED) is 0.322. The van der Waals surface area contributed by atoms with Crippen molar-refractivity contribution in [3.63, 3.8) is 0 Å². The monoisotopic (exact) mass is 738 g/mol. The molecule has 2 aliphatic carbocycles. The summed E-state index contributed by atoms with van der Waals surface area (Å²) < 4.78 is 40.5. The summed E-state index contributed by atoms with van der Waals surface area (Å²) in [5.41, 5.74) is 0.814. The smallest absolute Gasteiger partial charge is 0.303 e. The second kappa shape index (κ2) is 14.5. The fraction of sp³-hybridized carbons (Fsp3) is 0.528. The van der Waals surface area contributed by atoms with Gasteiger partial charge in [0, 0.05) is 56.5 Å². The molecule has 3 amide bonds. The van der Waals surface area contributed by atoms with Crippen molar-refractivity contribution in [2.75, 3.05) is 34.8 Å². The number of fused-ring (bicyclic) bond motifs is 3. The molecule has 6 rings (SSSR count). The Morgan fingerprint density at radius 2 is 1.90 bits per heavy atom. The number of nitrogens with zero attached hydrogens (tertiary/aromatic N) is 4. The standard InChI is InChI=1S/C36H46N6O7S2/c1-21(2)30-20-50-33(38-30)29-18-31(25-13-12-23(48-6)17-28(25)37-29)49-24-15-26-27(16-24)34(44)42(5)14-10-8-7-9-11-22-19-36(22,39-32(26)43)35(45)40-51(46,47)41(3)4/h9,11-13,17-18,20-22,24,26-27H,7-8,10,14-16,19H2,1-6H3,(H,39,43)(H,40,45)/b11-9-/t22-,24+,26+,27+,36+/m0/s1.